The molecule has 0 unspecified atom stereocenters. The third-order valence-electron chi connectivity index (χ3n) is 2.73. The Balaban J connectivity index is 1.94. The van der Waals surface area contributed by atoms with E-state index in [4.69, 9.17) is 0 Å². The Hall–Kier alpha value is -0.900. The molecule has 1 fully saturated rings. The van der Waals surface area contributed by atoms with E-state index in [2.05, 4.69) is 17.0 Å². The SMILES string of the molecule is O[C@@H]1C[C@@H](O)CN(Cc2ccccc2)C1. The van der Waals surface area contributed by atoms with Gasteiger partial charge in [-0.3, -0.25) is 4.90 Å². The summed E-state index contributed by atoms with van der Waals surface area (Å²) in [5.41, 5.74) is 1.22. The largest absolute Gasteiger partial charge is 0.392 e. The van der Waals surface area contributed by atoms with E-state index in [9.17, 15) is 10.2 Å². The molecule has 15 heavy (non-hydrogen) atoms. The Morgan fingerprint density at radius 1 is 1.07 bits per heavy atom. The van der Waals surface area contributed by atoms with Crippen LogP contribution in [0, 0.1) is 0 Å². The van der Waals surface area contributed by atoms with Gasteiger partial charge in [0.05, 0.1) is 12.2 Å². The number of nitrogens with zero attached hydrogens (tertiary/aromatic N) is 1. The van der Waals surface area contributed by atoms with E-state index in [0.717, 1.165) is 6.54 Å². The van der Waals surface area contributed by atoms with E-state index < -0.39 is 12.2 Å². The van der Waals surface area contributed by atoms with Gasteiger partial charge in [-0.15, -0.1) is 0 Å². The van der Waals surface area contributed by atoms with Crippen LogP contribution in [0.2, 0.25) is 0 Å². The van der Waals surface area contributed by atoms with Crippen molar-refractivity contribution in [3.63, 3.8) is 0 Å². The van der Waals surface area contributed by atoms with Crippen molar-refractivity contribution in [1.29, 1.82) is 0 Å². The summed E-state index contributed by atoms with van der Waals surface area (Å²) in [5, 5.41) is 19.1. The zero-order valence-corrected chi connectivity index (χ0v) is 8.71. The molecule has 1 aliphatic heterocycles. The van der Waals surface area contributed by atoms with Gasteiger partial charge in [0.15, 0.2) is 0 Å². The summed E-state index contributed by atoms with van der Waals surface area (Å²) in [7, 11) is 0. The lowest BCUT2D eigenvalue weighted by Crippen LogP contribution is -2.45. The molecule has 0 saturated carbocycles. The van der Waals surface area contributed by atoms with E-state index in [1.54, 1.807) is 0 Å². The van der Waals surface area contributed by atoms with Crippen molar-refractivity contribution in [2.45, 2.75) is 25.2 Å². The lowest BCUT2D eigenvalue weighted by atomic mass is 10.0. The minimum absolute atomic E-state index is 0.391. The summed E-state index contributed by atoms with van der Waals surface area (Å²) in [6, 6.07) is 10.1. The molecule has 1 heterocycles. The molecule has 0 radical (unpaired) electrons. The minimum Gasteiger partial charge on any atom is -0.392 e. The Kier molecular flexibility index (Phi) is 3.36. The summed E-state index contributed by atoms with van der Waals surface area (Å²) in [4.78, 5) is 2.09. The topological polar surface area (TPSA) is 43.7 Å². The maximum Gasteiger partial charge on any atom is 0.0692 e. The third-order valence-corrected chi connectivity index (χ3v) is 2.73. The van der Waals surface area contributed by atoms with Crippen LogP contribution < -0.4 is 0 Å². The van der Waals surface area contributed by atoms with Gasteiger partial charge in [0.1, 0.15) is 0 Å². The van der Waals surface area contributed by atoms with Crippen molar-refractivity contribution < 1.29 is 10.2 Å². The van der Waals surface area contributed by atoms with Crippen LogP contribution in [0.3, 0.4) is 0 Å². The lowest BCUT2D eigenvalue weighted by molar-refractivity contribution is -0.0110. The van der Waals surface area contributed by atoms with E-state index in [0.29, 0.717) is 19.5 Å². The quantitative estimate of drug-likeness (QED) is 0.747. The van der Waals surface area contributed by atoms with Crippen molar-refractivity contribution in [3.05, 3.63) is 35.9 Å². The van der Waals surface area contributed by atoms with Gasteiger partial charge in [-0.1, -0.05) is 30.3 Å². The molecule has 2 atom stereocenters. The molecule has 0 aromatic heterocycles. The summed E-state index contributed by atoms with van der Waals surface area (Å²) in [6.07, 6.45) is -0.277. The second-order valence-electron chi connectivity index (χ2n) is 4.22. The van der Waals surface area contributed by atoms with E-state index in [1.807, 2.05) is 18.2 Å². The van der Waals surface area contributed by atoms with Gasteiger partial charge in [-0.2, -0.15) is 0 Å². The predicted molar refractivity (Wildman–Crippen MR) is 58.3 cm³/mol. The Bertz CT molecular complexity index is 292. The normalized spacial score (nSPS) is 27.9. The van der Waals surface area contributed by atoms with Crippen LogP contribution in [0.15, 0.2) is 30.3 Å². The van der Waals surface area contributed by atoms with Crippen molar-refractivity contribution in [2.75, 3.05) is 13.1 Å². The molecule has 3 nitrogen and oxygen atoms in total. The van der Waals surface area contributed by atoms with Crippen LogP contribution in [0.1, 0.15) is 12.0 Å². The molecule has 2 N–H and O–H groups in total. The number of aliphatic hydroxyl groups is 2. The molecule has 1 aromatic carbocycles. The highest BCUT2D eigenvalue weighted by Gasteiger charge is 2.23. The predicted octanol–water partition coefficient (Wildman–Crippen LogP) is 0.614. The molecule has 1 aliphatic rings. The van der Waals surface area contributed by atoms with Crippen LogP contribution in [-0.2, 0) is 6.54 Å². The molecular weight excluding hydrogens is 190 g/mol. The van der Waals surface area contributed by atoms with Crippen LogP contribution >= 0.6 is 0 Å². The summed E-state index contributed by atoms with van der Waals surface area (Å²) in [6.45, 7) is 2.12. The third kappa shape index (κ3) is 3.02. The first kappa shape index (κ1) is 10.6. The number of likely N-dealkylation sites (tertiary alicyclic amines) is 1. The molecule has 0 amide bonds. The molecule has 1 saturated heterocycles. The zero-order chi connectivity index (χ0) is 10.7. The zero-order valence-electron chi connectivity index (χ0n) is 8.71. The molecule has 1 aromatic rings. The van der Waals surface area contributed by atoms with Gasteiger partial charge in [0.25, 0.3) is 0 Å². The second kappa shape index (κ2) is 4.75. The van der Waals surface area contributed by atoms with Crippen LogP contribution in [0.25, 0.3) is 0 Å². The highest BCUT2D eigenvalue weighted by atomic mass is 16.3. The first-order valence-corrected chi connectivity index (χ1v) is 5.36. The summed E-state index contributed by atoms with van der Waals surface area (Å²) in [5.74, 6) is 0. The van der Waals surface area contributed by atoms with Gasteiger partial charge in [-0.25, -0.2) is 0 Å². The standard InChI is InChI=1S/C12H17NO2/c14-11-6-12(15)9-13(8-11)7-10-4-2-1-3-5-10/h1-5,11-12,14-15H,6-9H2/t11-,12-/m1/s1. The van der Waals surface area contributed by atoms with Gasteiger partial charge < -0.3 is 10.2 Å². The average molecular weight is 207 g/mol. The summed E-state index contributed by atoms with van der Waals surface area (Å²) < 4.78 is 0. The number of hydrogen-bond donors (Lipinski definition) is 2. The van der Waals surface area contributed by atoms with Crippen molar-refractivity contribution in [3.8, 4) is 0 Å². The molecular formula is C12H17NO2. The number of benzene rings is 1. The highest BCUT2D eigenvalue weighted by molar-refractivity contribution is 5.14. The molecule has 2 rings (SSSR count). The fourth-order valence-electron chi connectivity index (χ4n) is 2.10. The lowest BCUT2D eigenvalue weighted by Gasteiger charge is -2.33. The Labute approximate surface area is 90.0 Å². The van der Waals surface area contributed by atoms with Gasteiger partial charge in [0, 0.05) is 26.1 Å². The van der Waals surface area contributed by atoms with E-state index in [-0.39, 0.29) is 0 Å². The highest BCUT2D eigenvalue weighted by Crippen LogP contribution is 2.13. The maximum absolute atomic E-state index is 9.53. The first-order valence-electron chi connectivity index (χ1n) is 5.36. The average Bonchev–Trinajstić information content (AvgIpc) is 2.17. The Morgan fingerprint density at radius 3 is 2.27 bits per heavy atom. The maximum atomic E-state index is 9.53. The molecule has 0 bridgehead atoms. The molecule has 0 spiro atoms. The molecule has 82 valence electrons. The minimum atomic E-state index is -0.391. The van der Waals surface area contributed by atoms with Crippen LogP contribution in [0.5, 0.6) is 0 Å². The van der Waals surface area contributed by atoms with Crippen LogP contribution in [-0.4, -0.2) is 40.4 Å². The fraction of sp³-hybridized carbons (Fsp3) is 0.500. The number of piperidine rings is 1. The monoisotopic (exact) mass is 207 g/mol. The smallest absolute Gasteiger partial charge is 0.0692 e. The number of hydrogen-bond acceptors (Lipinski definition) is 3. The number of aliphatic hydroxyl groups excluding tert-OH is 2. The van der Waals surface area contributed by atoms with Crippen molar-refractivity contribution in [2.24, 2.45) is 0 Å². The second-order valence-corrected chi connectivity index (χ2v) is 4.22. The number of β-amino-alcohol motifs (C(OH)–C–C–N with tert-alkyl or cyclic N) is 2. The van der Waals surface area contributed by atoms with E-state index >= 15 is 0 Å². The Morgan fingerprint density at radius 2 is 1.67 bits per heavy atom. The molecule has 0 aliphatic carbocycles. The van der Waals surface area contributed by atoms with Gasteiger partial charge >= 0.3 is 0 Å². The van der Waals surface area contributed by atoms with Crippen LogP contribution in [0.4, 0.5) is 0 Å². The fourth-order valence-corrected chi connectivity index (χ4v) is 2.10. The van der Waals surface area contributed by atoms with Gasteiger partial charge in [0.2, 0.25) is 0 Å². The first-order chi connectivity index (χ1) is 7.24. The molecule has 3 heteroatoms. The van der Waals surface area contributed by atoms with E-state index in [1.165, 1.54) is 5.56 Å². The van der Waals surface area contributed by atoms with Crippen molar-refractivity contribution in [1.82, 2.24) is 4.90 Å². The van der Waals surface area contributed by atoms with Crippen molar-refractivity contribution >= 4 is 0 Å². The van der Waals surface area contributed by atoms with Gasteiger partial charge in [-0.05, 0) is 5.56 Å². The number of rotatable bonds is 2. The summed E-state index contributed by atoms with van der Waals surface area (Å²) >= 11 is 0.